The average molecular weight is 234 g/mol. The molecule has 0 aliphatic rings. The van der Waals surface area contributed by atoms with Gasteiger partial charge in [0.05, 0.1) is 0 Å². The van der Waals surface area contributed by atoms with E-state index in [4.69, 9.17) is 0 Å². The van der Waals surface area contributed by atoms with Crippen LogP contribution < -0.4 is 0 Å². The number of phenols is 1. The highest BCUT2D eigenvalue weighted by atomic mass is 16.3. The SMILES string of the molecule is C=C.CCCCCCCCc1ccccc1O. The highest BCUT2D eigenvalue weighted by Crippen LogP contribution is 2.18. The van der Waals surface area contributed by atoms with E-state index >= 15 is 0 Å². The quantitative estimate of drug-likeness (QED) is 0.514. The molecular formula is C16H26O. The van der Waals surface area contributed by atoms with Gasteiger partial charge in [0, 0.05) is 0 Å². The van der Waals surface area contributed by atoms with E-state index in [-0.39, 0.29) is 0 Å². The molecular weight excluding hydrogens is 208 g/mol. The van der Waals surface area contributed by atoms with E-state index in [9.17, 15) is 5.11 Å². The molecule has 0 saturated heterocycles. The Morgan fingerprint density at radius 1 is 0.941 bits per heavy atom. The number of phenolic OH excluding ortho intramolecular Hbond substituents is 1. The fourth-order valence-corrected chi connectivity index (χ4v) is 1.82. The molecule has 0 aliphatic heterocycles. The summed E-state index contributed by atoms with van der Waals surface area (Å²) in [4.78, 5) is 0. The molecule has 0 bridgehead atoms. The summed E-state index contributed by atoms with van der Waals surface area (Å²) in [6, 6.07) is 7.65. The van der Waals surface area contributed by atoms with Crippen LogP contribution in [0, 0.1) is 0 Å². The first-order valence-corrected chi connectivity index (χ1v) is 6.61. The predicted octanol–water partition coefficient (Wildman–Crippen LogP) is 5.10. The molecule has 1 aromatic rings. The van der Waals surface area contributed by atoms with Crippen molar-refractivity contribution in [2.45, 2.75) is 51.9 Å². The van der Waals surface area contributed by atoms with Crippen molar-refractivity contribution in [3.8, 4) is 5.75 Å². The Hall–Kier alpha value is -1.24. The molecule has 1 N–H and O–H groups in total. The number of unbranched alkanes of at least 4 members (excludes halogenated alkanes) is 5. The predicted molar refractivity (Wildman–Crippen MR) is 76.4 cm³/mol. The number of hydrogen-bond acceptors (Lipinski definition) is 1. The zero-order chi connectivity index (χ0) is 12.9. The van der Waals surface area contributed by atoms with E-state index in [0.29, 0.717) is 5.75 Å². The first kappa shape index (κ1) is 15.8. The molecule has 0 aliphatic carbocycles. The van der Waals surface area contributed by atoms with Gasteiger partial charge in [-0.25, -0.2) is 0 Å². The molecule has 96 valence electrons. The van der Waals surface area contributed by atoms with Gasteiger partial charge in [-0.1, -0.05) is 57.2 Å². The van der Waals surface area contributed by atoms with Crippen LogP contribution in [0.5, 0.6) is 5.75 Å². The van der Waals surface area contributed by atoms with E-state index in [2.05, 4.69) is 20.1 Å². The molecule has 1 aromatic carbocycles. The van der Waals surface area contributed by atoms with Gasteiger partial charge in [-0.15, -0.1) is 13.2 Å². The molecule has 0 fully saturated rings. The Labute approximate surface area is 106 Å². The van der Waals surface area contributed by atoms with Crippen molar-refractivity contribution < 1.29 is 5.11 Å². The highest BCUT2D eigenvalue weighted by molar-refractivity contribution is 5.31. The van der Waals surface area contributed by atoms with E-state index in [1.807, 2.05) is 18.2 Å². The van der Waals surface area contributed by atoms with E-state index in [0.717, 1.165) is 12.0 Å². The number of benzene rings is 1. The molecule has 0 saturated carbocycles. The zero-order valence-corrected chi connectivity index (χ0v) is 11.1. The van der Waals surface area contributed by atoms with Gasteiger partial charge in [-0.2, -0.15) is 0 Å². The summed E-state index contributed by atoms with van der Waals surface area (Å²) in [5.74, 6) is 0.450. The van der Waals surface area contributed by atoms with Crippen molar-refractivity contribution in [2.24, 2.45) is 0 Å². The number of hydrogen-bond donors (Lipinski definition) is 1. The number of aryl methyl sites for hydroxylation is 1. The standard InChI is InChI=1S/C14H22O.C2H4/c1-2-3-4-5-6-7-10-13-11-8-9-12-14(13)15;1-2/h8-9,11-12,15H,2-7,10H2,1H3;1-2H2. The first-order chi connectivity index (χ1) is 8.34. The third-order valence-corrected chi connectivity index (χ3v) is 2.79. The fraction of sp³-hybridized carbons (Fsp3) is 0.500. The largest absolute Gasteiger partial charge is 0.508 e. The molecule has 17 heavy (non-hydrogen) atoms. The van der Waals surface area contributed by atoms with Crippen LogP contribution in [-0.4, -0.2) is 5.11 Å². The third kappa shape index (κ3) is 7.62. The number of para-hydroxylation sites is 1. The van der Waals surface area contributed by atoms with Crippen molar-refractivity contribution in [1.29, 1.82) is 0 Å². The normalized spacial score (nSPS) is 9.47. The van der Waals surface area contributed by atoms with Crippen LogP contribution in [0.1, 0.15) is 51.0 Å². The fourth-order valence-electron chi connectivity index (χ4n) is 1.82. The van der Waals surface area contributed by atoms with E-state index in [1.165, 1.54) is 38.5 Å². The summed E-state index contributed by atoms with van der Waals surface area (Å²) in [5, 5.41) is 9.55. The summed E-state index contributed by atoms with van der Waals surface area (Å²) in [7, 11) is 0. The monoisotopic (exact) mass is 234 g/mol. The van der Waals surface area contributed by atoms with Crippen LogP contribution in [0.25, 0.3) is 0 Å². The minimum atomic E-state index is 0.450. The molecule has 0 amide bonds. The minimum Gasteiger partial charge on any atom is -0.508 e. The lowest BCUT2D eigenvalue weighted by molar-refractivity contribution is 0.466. The Morgan fingerprint density at radius 3 is 2.18 bits per heavy atom. The molecule has 0 heterocycles. The zero-order valence-electron chi connectivity index (χ0n) is 11.1. The van der Waals surface area contributed by atoms with Gasteiger partial charge in [0.15, 0.2) is 0 Å². The Bertz CT molecular complexity index is 281. The third-order valence-electron chi connectivity index (χ3n) is 2.79. The maximum Gasteiger partial charge on any atom is 0.118 e. The summed E-state index contributed by atoms with van der Waals surface area (Å²) in [6.45, 7) is 8.24. The van der Waals surface area contributed by atoms with Crippen LogP contribution in [0.4, 0.5) is 0 Å². The van der Waals surface area contributed by atoms with Crippen molar-refractivity contribution in [2.75, 3.05) is 0 Å². The van der Waals surface area contributed by atoms with Gasteiger partial charge in [-0.3, -0.25) is 0 Å². The van der Waals surface area contributed by atoms with Crippen molar-refractivity contribution in [3.63, 3.8) is 0 Å². The lowest BCUT2D eigenvalue weighted by Crippen LogP contribution is -1.86. The number of rotatable bonds is 7. The lowest BCUT2D eigenvalue weighted by atomic mass is 10.0. The topological polar surface area (TPSA) is 20.2 Å². The summed E-state index contributed by atoms with van der Waals surface area (Å²) < 4.78 is 0. The molecule has 0 spiro atoms. The summed E-state index contributed by atoms with van der Waals surface area (Å²) in [5.41, 5.74) is 1.09. The van der Waals surface area contributed by atoms with E-state index in [1.54, 1.807) is 6.07 Å². The van der Waals surface area contributed by atoms with Gasteiger partial charge >= 0.3 is 0 Å². The van der Waals surface area contributed by atoms with Crippen LogP contribution >= 0.6 is 0 Å². The van der Waals surface area contributed by atoms with Crippen LogP contribution in [0.2, 0.25) is 0 Å². The second-order valence-electron chi connectivity index (χ2n) is 4.15. The Kier molecular flexibility index (Phi) is 10.4. The van der Waals surface area contributed by atoms with Gasteiger partial charge in [-0.05, 0) is 24.5 Å². The van der Waals surface area contributed by atoms with Crippen LogP contribution in [-0.2, 0) is 6.42 Å². The van der Waals surface area contributed by atoms with Gasteiger partial charge in [0.1, 0.15) is 5.75 Å². The van der Waals surface area contributed by atoms with Crippen molar-refractivity contribution in [1.82, 2.24) is 0 Å². The summed E-state index contributed by atoms with van der Waals surface area (Å²) >= 11 is 0. The van der Waals surface area contributed by atoms with Crippen molar-refractivity contribution >= 4 is 0 Å². The maximum absolute atomic E-state index is 9.55. The van der Waals surface area contributed by atoms with Crippen LogP contribution in [0.3, 0.4) is 0 Å². The molecule has 1 rings (SSSR count). The first-order valence-electron chi connectivity index (χ1n) is 6.61. The smallest absolute Gasteiger partial charge is 0.118 e. The Balaban J connectivity index is 0.00000121. The van der Waals surface area contributed by atoms with Crippen LogP contribution in [0.15, 0.2) is 37.4 Å². The second kappa shape index (κ2) is 11.3. The summed E-state index contributed by atoms with van der Waals surface area (Å²) in [6.07, 6.45) is 8.85. The Morgan fingerprint density at radius 2 is 1.53 bits per heavy atom. The molecule has 1 nitrogen and oxygen atoms in total. The molecule has 0 aromatic heterocycles. The highest BCUT2D eigenvalue weighted by Gasteiger charge is 1.98. The molecule has 0 atom stereocenters. The minimum absolute atomic E-state index is 0.450. The van der Waals surface area contributed by atoms with Gasteiger partial charge in [0.2, 0.25) is 0 Å². The molecule has 0 unspecified atom stereocenters. The van der Waals surface area contributed by atoms with Crippen molar-refractivity contribution in [3.05, 3.63) is 43.0 Å². The van der Waals surface area contributed by atoms with Gasteiger partial charge in [0.25, 0.3) is 0 Å². The lowest BCUT2D eigenvalue weighted by Gasteiger charge is -2.03. The average Bonchev–Trinajstić information content (AvgIpc) is 2.38. The number of aromatic hydroxyl groups is 1. The van der Waals surface area contributed by atoms with Gasteiger partial charge < -0.3 is 5.11 Å². The molecule has 0 radical (unpaired) electrons. The van der Waals surface area contributed by atoms with E-state index < -0.39 is 0 Å². The second-order valence-corrected chi connectivity index (χ2v) is 4.15. The maximum atomic E-state index is 9.55. The molecule has 1 heteroatoms.